The molecule has 2 aromatic rings. The second-order valence-corrected chi connectivity index (χ2v) is 6.79. The number of aryl methyl sites for hydroxylation is 1. The summed E-state index contributed by atoms with van der Waals surface area (Å²) in [5.41, 5.74) is 10.6. The van der Waals surface area contributed by atoms with Gasteiger partial charge in [-0.1, -0.05) is 61.6 Å². The van der Waals surface area contributed by atoms with Crippen LogP contribution in [0.25, 0.3) is 11.1 Å². The molecule has 2 aromatic carbocycles. The maximum Gasteiger partial charge on any atom is 0.0210 e. The molecule has 0 fully saturated rings. The zero-order chi connectivity index (χ0) is 16.5. The van der Waals surface area contributed by atoms with Crippen molar-refractivity contribution in [2.75, 3.05) is 13.6 Å². The fourth-order valence-electron chi connectivity index (χ4n) is 4.29. The Kier molecular flexibility index (Phi) is 4.12. The van der Waals surface area contributed by atoms with Crippen LogP contribution in [0.5, 0.6) is 0 Å². The van der Waals surface area contributed by atoms with E-state index >= 15 is 0 Å². The van der Waals surface area contributed by atoms with Crippen LogP contribution in [0.2, 0.25) is 0 Å². The summed E-state index contributed by atoms with van der Waals surface area (Å²) in [6.07, 6.45) is 12.4. The van der Waals surface area contributed by atoms with Crippen LogP contribution in [0.3, 0.4) is 0 Å². The molecule has 2 aliphatic rings. The molecular weight excluding hydrogens is 290 g/mol. The number of fused-ring (bicyclic) bond motifs is 3. The van der Waals surface area contributed by atoms with E-state index in [0.29, 0.717) is 5.92 Å². The van der Waals surface area contributed by atoms with Crippen LogP contribution < -0.4 is 5.32 Å². The van der Waals surface area contributed by atoms with Gasteiger partial charge in [0.2, 0.25) is 0 Å². The second-order valence-electron chi connectivity index (χ2n) is 6.79. The lowest BCUT2D eigenvalue weighted by Crippen LogP contribution is -2.15. The van der Waals surface area contributed by atoms with E-state index in [9.17, 15) is 0 Å². The number of benzene rings is 2. The van der Waals surface area contributed by atoms with E-state index in [1.807, 2.05) is 7.05 Å². The molecule has 122 valence electrons. The zero-order valence-corrected chi connectivity index (χ0v) is 14.6. The fraction of sp³-hybridized carbons (Fsp3) is 0.304. The molecular formula is C23H25N. The van der Waals surface area contributed by atoms with Crippen molar-refractivity contribution in [2.45, 2.75) is 32.1 Å². The molecule has 0 radical (unpaired) electrons. The summed E-state index contributed by atoms with van der Waals surface area (Å²) in [6.45, 7) is 3.32. The third-order valence-corrected chi connectivity index (χ3v) is 5.44. The molecule has 1 nitrogen and oxygen atoms in total. The number of hydrogen-bond acceptors (Lipinski definition) is 1. The minimum Gasteiger partial charge on any atom is -0.319 e. The first-order valence-electron chi connectivity index (χ1n) is 9.08. The predicted octanol–water partition coefficient (Wildman–Crippen LogP) is 4.79. The number of rotatable bonds is 5. The molecule has 4 rings (SSSR count). The Balaban J connectivity index is 1.94. The molecule has 2 aliphatic carbocycles. The lowest BCUT2D eigenvalue weighted by Gasteiger charge is -2.22. The smallest absolute Gasteiger partial charge is 0.0210 e. The number of allylic oxidation sites excluding steroid dienone is 4. The number of nitrogens with one attached hydrogen (secondary N) is 1. The Hall–Kier alpha value is -2.12. The third-order valence-electron chi connectivity index (χ3n) is 5.44. The highest BCUT2D eigenvalue weighted by Gasteiger charge is 2.27. The maximum atomic E-state index is 3.33. The lowest BCUT2D eigenvalue weighted by atomic mass is 9.83. The minimum absolute atomic E-state index is 0.436. The molecule has 0 aliphatic heterocycles. The van der Waals surface area contributed by atoms with E-state index in [4.69, 9.17) is 0 Å². The van der Waals surface area contributed by atoms with Gasteiger partial charge in [0.1, 0.15) is 0 Å². The average molecular weight is 315 g/mol. The molecule has 0 saturated carbocycles. The van der Waals surface area contributed by atoms with Crippen molar-refractivity contribution in [2.24, 2.45) is 0 Å². The van der Waals surface area contributed by atoms with Gasteiger partial charge < -0.3 is 5.32 Å². The Morgan fingerprint density at radius 1 is 1.08 bits per heavy atom. The minimum atomic E-state index is 0.436. The summed E-state index contributed by atoms with van der Waals surface area (Å²) < 4.78 is 0. The van der Waals surface area contributed by atoms with Crippen LogP contribution in [0.15, 0.2) is 54.6 Å². The van der Waals surface area contributed by atoms with Gasteiger partial charge in [-0.25, -0.2) is 0 Å². The summed E-state index contributed by atoms with van der Waals surface area (Å²) >= 11 is 0. The van der Waals surface area contributed by atoms with Gasteiger partial charge >= 0.3 is 0 Å². The molecule has 0 bridgehead atoms. The van der Waals surface area contributed by atoms with Crippen LogP contribution in [-0.4, -0.2) is 13.6 Å². The first kappa shape index (κ1) is 15.4. The predicted molar refractivity (Wildman–Crippen MR) is 103 cm³/mol. The van der Waals surface area contributed by atoms with E-state index in [1.54, 1.807) is 16.7 Å². The fourth-order valence-corrected chi connectivity index (χ4v) is 4.29. The number of hydrogen-bond donors (Lipinski definition) is 1. The quantitative estimate of drug-likeness (QED) is 0.713. The Bertz CT molecular complexity index is 814. The van der Waals surface area contributed by atoms with Gasteiger partial charge in [0.15, 0.2) is 0 Å². The lowest BCUT2D eigenvalue weighted by molar-refractivity contribution is 0.774. The molecule has 0 saturated heterocycles. The largest absolute Gasteiger partial charge is 0.319 e. The molecule has 24 heavy (non-hydrogen) atoms. The third kappa shape index (κ3) is 2.44. The highest BCUT2D eigenvalue weighted by molar-refractivity contribution is 5.80. The Morgan fingerprint density at radius 3 is 2.62 bits per heavy atom. The van der Waals surface area contributed by atoms with Crippen molar-refractivity contribution in [3.63, 3.8) is 0 Å². The van der Waals surface area contributed by atoms with Crippen molar-refractivity contribution < 1.29 is 0 Å². The maximum absolute atomic E-state index is 3.33. The Labute approximate surface area is 145 Å². The topological polar surface area (TPSA) is 12.0 Å². The standard InChI is InChI=1S/C23H25N/c1-3-16-14-21-19-11-7-6-10-18(19)15-22(21)23(17-8-4-5-9-17)20(16)12-13-24-2/h4-11,14,17,24H,3,12-13,15H2,1-2H3. The molecule has 1 heteroatoms. The van der Waals surface area contributed by atoms with Gasteiger partial charge in [0.05, 0.1) is 0 Å². The highest BCUT2D eigenvalue weighted by Crippen LogP contribution is 2.44. The second kappa shape index (κ2) is 6.41. The van der Waals surface area contributed by atoms with Gasteiger partial charge in [0.25, 0.3) is 0 Å². The van der Waals surface area contributed by atoms with Crippen LogP contribution in [0.1, 0.15) is 40.7 Å². The highest BCUT2D eigenvalue weighted by atomic mass is 14.8. The molecule has 0 unspecified atom stereocenters. The van der Waals surface area contributed by atoms with Crippen LogP contribution in [-0.2, 0) is 19.3 Å². The van der Waals surface area contributed by atoms with E-state index in [1.165, 1.54) is 22.3 Å². The zero-order valence-electron chi connectivity index (χ0n) is 14.6. The van der Waals surface area contributed by atoms with Gasteiger partial charge in [-0.2, -0.15) is 0 Å². The summed E-state index contributed by atoms with van der Waals surface area (Å²) in [5.74, 6) is 0.436. The SMILES string of the molecule is CCc1cc2c(c(C3C=CC=C3)c1CCNC)Cc1ccccc1-2. The summed E-state index contributed by atoms with van der Waals surface area (Å²) in [7, 11) is 2.05. The molecule has 0 atom stereocenters. The van der Waals surface area contributed by atoms with Gasteiger partial charge in [-0.3, -0.25) is 0 Å². The van der Waals surface area contributed by atoms with Crippen molar-refractivity contribution in [1.29, 1.82) is 0 Å². The molecule has 0 amide bonds. The van der Waals surface area contributed by atoms with Crippen LogP contribution >= 0.6 is 0 Å². The first-order chi connectivity index (χ1) is 11.8. The summed E-state index contributed by atoms with van der Waals surface area (Å²) in [4.78, 5) is 0. The molecule has 0 heterocycles. The average Bonchev–Trinajstić information content (AvgIpc) is 3.26. The molecule has 0 spiro atoms. The van der Waals surface area contributed by atoms with Gasteiger partial charge in [0, 0.05) is 5.92 Å². The normalized spacial score (nSPS) is 15.1. The number of likely N-dealkylation sites (N-methyl/N-ethyl adjacent to an activating group) is 1. The molecule has 0 aromatic heterocycles. The molecule has 1 N–H and O–H groups in total. The van der Waals surface area contributed by atoms with Crippen LogP contribution in [0, 0.1) is 0 Å². The monoisotopic (exact) mass is 315 g/mol. The summed E-state index contributed by atoms with van der Waals surface area (Å²) in [5, 5.41) is 3.33. The van der Waals surface area contributed by atoms with E-state index in [2.05, 4.69) is 66.9 Å². The van der Waals surface area contributed by atoms with E-state index in [0.717, 1.165) is 25.8 Å². The van der Waals surface area contributed by atoms with Crippen molar-refractivity contribution in [3.05, 3.63) is 82.5 Å². The van der Waals surface area contributed by atoms with Crippen LogP contribution in [0.4, 0.5) is 0 Å². The summed E-state index contributed by atoms with van der Waals surface area (Å²) in [6, 6.07) is 11.4. The van der Waals surface area contributed by atoms with Crippen molar-refractivity contribution >= 4 is 0 Å². The van der Waals surface area contributed by atoms with Crippen molar-refractivity contribution in [3.8, 4) is 11.1 Å². The first-order valence-corrected chi connectivity index (χ1v) is 9.08. The van der Waals surface area contributed by atoms with E-state index in [-0.39, 0.29) is 0 Å². The Morgan fingerprint density at radius 2 is 1.88 bits per heavy atom. The van der Waals surface area contributed by atoms with Gasteiger partial charge in [-0.15, -0.1) is 0 Å². The van der Waals surface area contributed by atoms with E-state index < -0.39 is 0 Å². The van der Waals surface area contributed by atoms with Crippen molar-refractivity contribution in [1.82, 2.24) is 5.32 Å². The van der Waals surface area contributed by atoms with Gasteiger partial charge in [-0.05, 0) is 71.8 Å².